The van der Waals surface area contributed by atoms with E-state index in [4.69, 9.17) is 9.47 Å². The monoisotopic (exact) mass is 365 g/mol. The number of hydrogen-bond acceptors (Lipinski definition) is 3. The Morgan fingerprint density at radius 3 is 2.96 bits per heavy atom. The molecule has 0 aromatic heterocycles. The quantitative estimate of drug-likeness (QED) is 0.750. The van der Waals surface area contributed by atoms with Crippen LogP contribution in [0, 0.1) is 6.92 Å². The summed E-state index contributed by atoms with van der Waals surface area (Å²) in [7, 11) is 4.05. The van der Waals surface area contributed by atoms with Crippen molar-refractivity contribution in [3.05, 3.63) is 58.1 Å². The van der Waals surface area contributed by atoms with E-state index in [-0.39, 0.29) is 0 Å². The van der Waals surface area contributed by atoms with Crippen LogP contribution in [0.3, 0.4) is 0 Å². The molecule has 2 aromatic carbocycles. The number of nitrogens with zero attached hydrogens (tertiary/aromatic N) is 1. The Morgan fingerprint density at radius 2 is 2.11 bits per heavy atom. The summed E-state index contributed by atoms with van der Waals surface area (Å²) < 4.78 is 11.3. The number of likely N-dealkylation sites (N-methyl/N-ethyl adjacent to an activating group) is 1. The highest BCUT2D eigenvalue weighted by atomic mass is 16.5. The highest BCUT2D eigenvalue weighted by Gasteiger charge is 2.24. The minimum atomic E-state index is 0.614. The lowest BCUT2D eigenvalue weighted by atomic mass is 9.82. The van der Waals surface area contributed by atoms with Crippen molar-refractivity contribution >= 4 is 0 Å². The molecule has 1 aliphatic carbocycles. The van der Waals surface area contributed by atoms with Crippen molar-refractivity contribution in [1.82, 2.24) is 4.90 Å². The van der Waals surface area contributed by atoms with Crippen LogP contribution in [0.15, 0.2) is 30.3 Å². The van der Waals surface area contributed by atoms with Crippen molar-refractivity contribution in [2.75, 3.05) is 33.9 Å². The second-order valence-corrected chi connectivity index (χ2v) is 8.11. The van der Waals surface area contributed by atoms with Gasteiger partial charge in [-0.1, -0.05) is 18.2 Å². The van der Waals surface area contributed by atoms with E-state index in [0.29, 0.717) is 5.92 Å². The van der Waals surface area contributed by atoms with E-state index in [0.717, 1.165) is 50.5 Å². The van der Waals surface area contributed by atoms with Crippen LogP contribution in [0.1, 0.15) is 46.6 Å². The molecule has 4 rings (SSSR count). The standard InChI is InChI=1S/C24H31NO2/c1-17-14-24-19(11-13-27-24)15-18(17)10-12-25(2)16-20-6-4-8-22-21(20)7-5-9-23(22)26-3/h5,7,9,14-15,20H,4,6,8,10-13,16H2,1-3H3/t20-/m0/s1. The number of ether oxygens (including phenoxy) is 2. The van der Waals surface area contributed by atoms with Gasteiger partial charge in [-0.25, -0.2) is 0 Å². The SMILES string of the molecule is COc1cccc2c1CCC[C@H]2CN(C)CCc1cc2c(cc1C)OCC2. The first-order valence-electron chi connectivity index (χ1n) is 10.2. The van der Waals surface area contributed by atoms with Crippen molar-refractivity contribution in [3.63, 3.8) is 0 Å². The van der Waals surface area contributed by atoms with Crippen LogP contribution in [-0.2, 0) is 19.3 Å². The molecule has 0 bridgehead atoms. The first-order chi connectivity index (χ1) is 13.2. The largest absolute Gasteiger partial charge is 0.496 e. The molecule has 1 heterocycles. The first-order valence-corrected chi connectivity index (χ1v) is 10.2. The smallest absolute Gasteiger partial charge is 0.122 e. The molecule has 0 saturated heterocycles. The van der Waals surface area contributed by atoms with Gasteiger partial charge in [0, 0.05) is 19.5 Å². The fraction of sp³-hybridized carbons (Fsp3) is 0.500. The lowest BCUT2D eigenvalue weighted by Crippen LogP contribution is -2.28. The van der Waals surface area contributed by atoms with E-state index in [1.165, 1.54) is 40.7 Å². The van der Waals surface area contributed by atoms with Crippen LogP contribution in [0.25, 0.3) is 0 Å². The van der Waals surface area contributed by atoms with Crippen molar-refractivity contribution in [2.45, 2.75) is 44.9 Å². The maximum Gasteiger partial charge on any atom is 0.122 e. The molecule has 0 unspecified atom stereocenters. The van der Waals surface area contributed by atoms with Gasteiger partial charge in [0.25, 0.3) is 0 Å². The Hall–Kier alpha value is -2.00. The third kappa shape index (κ3) is 3.84. The molecular weight excluding hydrogens is 334 g/mol. The highest BCUT2D eigenvalue weighted by Crippen LogP contribution is 2.37. The molecular formula is C24H31NO2. The number of aryl methyl sites for hydroxylation is 1. The number of benzene rings is 2. The minimum absolute atomic E-state index is 0.614. The summed E-state index contributed by atoms with van der Waals surface area (Å²) in [4.78, 5) is 2.50. The zero-order valence-electron chi connectivity index (χ0n) is 16.9. The van der Waals surface area contributed by atoms with E-state index in [1.807, 2.05) is 0 Å². The van der Waals surface area contributed by atoms with E-state index in [9.17, 15) is 0 Å². The fourth-order valence-corrected chi connectivity index (χ4v) is 4.72. The average molecular weight is 366 g/mol. The molecule has 0 radical (unpaired) electrons. The second-order valence-electron chi connectivity index (χ2n) is 8.11. The summed E-state index contributed by atoms with van der Waals surface area (Å²) >= 11 is 0. The van der Waals surface area contributed by atoms with E-state index >= 15 is 0 Å². The predicted octanol–water partition coefficient (Wildman–Crippen LogP) is 4.53. The minimum Gasteiger partial charge on any atom is -0.496 e. The van der Waals surface area contributed by atoms with Crippen molar-refractivity contribution in [2.24, 2.45) is 0 Å². The fourth-order valence-electron chi connectivity index (χ4n) is 4.72. The Morgan fingerprint density at radius 1 is 1.22 bits per heavy atom. The number of fused-ring (bicyclic) bond motifs is 2. The van der Waals surface area contributed by atoms with Gasteiger partial charge in [-0.2, -0.15) is 0 Å². The number of hydrogen-bond donors (Lipinski definition) is 0. The van der Waals surface area contributed by atoms with E-state index < -0.39 is 0 Å². The van der Waals surface area contributed by atoms with Crippen LogP contribution in [0.4, 0.5) is 0 Å². The summed E-state index contributed by atoms with van der Waals surface area (Å²) in [6, 6.07) is 11.1. The zero-order valence-corrected chi connectivity index (χ0v) is 16.9. The van der Waals surface area contributed by atoms with Crippen molar-refractivity contribution in [3.8, 4) is 11.5 Å². The van der Waals surface area contributed by atoms with Crippen LogP contribution < -0.4 is 9.47 Å². The lowest BCUT2D eigenvalue weighted by Gasteiger charge is -2.30. The molecule has 2 aliphatic rings. The summed E-state index contributed by atoms with van der Waals surface area (Å²) in [6.07, 6.45) is 5.85. The van der Waals surface area contributed by atoms with Gasteiger partial charge in [-0.05, 0) is 85.5 Å². The molecule has 2 aromatic rings. The second kappa shape index (κ2) is 7.93. The number of methoxy groups -OCH3 is 1. The summed E-state index contributed by atoms with van der Waals surface area (Å²) in [5, 5.41) is 0. The Kier molecular flexibility index (Phi) is 5.40. The van der Waals surface area contributed by atoms with Gasteiger partial charge in [0.15, 0.2) is 0 Å². The van der Waals surface area contributed by atoms with Gasteiger partial charge >= 0.3 is 0 Å². The molecule has 0 N–H and O–H groups in total. The first kappa shape index (κ1) is 18.4. The maximum absolute atomic E-state index is 5.69. The van der Waals surface area contributed by atoms with Crippen LogP contribution in [0.2, 0.25) is 0 Å². The average Bonchev–Trinajstić information content (AvgIpc) is 3.13. The molecule has 3 nitrogen and oxygen atoms in total. The predicted molar refractivity (Wildman–Crippen MR) is 110 cm³/mol. The molecule has 0 saturated carbocycles. The summed E-state index contributed by atoms with van der Waals surface area (Å²) in [5.74, 6) is 2.77. The third-order valence-electron chi connectivity index (χ3n) is 6.25. The zero-order chi connectivity index (χ0) is 18.8. The summed E-state index contributed by atoms with van der Waals surface area (Å²) in [6.45, 7) is 5.26. The highest BCUT2D eigenvalue weighted by molar-refractivity contribution is 5.45. The maximum atomic E-state index is 5.69. The molecule has 0 amide bonds. The third-order valence-corrected chi connectivity index (χ3v) is 6.25. The Labute approximate surface area is 163 Å². The molecule has 1 atom stereocenters. The molecule has 27 heavy (non-hydrogen) atoms. The Balaban J connectivity index is 1.40. The van der Waals surface area contributed by atoms with E-state index in [1.54, 1.807) is 7.11 Å². The van der Waals surface area contributed by atoms with Gasteiger partial charge in [-0.15, -0.1) is 0 Å². The van der Waals surface area contributed by atoms with Gasteiger partial charge < -0.3 is 14.4 Å². The molecule has 0 spiro atoms. The van der Waals surface area contributed by atoms with E-state index in [2.05, 4.69) is 49.2 Å². The molecule has 0 fully saturated rings. The number of rotatable bonds is 6. The van der Waals surface area contributed by atoms with Crippen LogP contribution in [0.5, 0.6) is 11.5 Å². The normalized spacial score (nSPS) is 18.1. The topological polar surface area (TPSA) is 21.7 Å². The van der Waals surface area contributed by atoms with Gasteiger partial charge in [0.05, 0.1) is 13.7 Å². The Bertz CT molecular complexity index is 814. The summed E-state index contributed by atoms with van der Waals surface area (Å²) in [5.41, 5.74) is 7.14. The van der Waals surface area contributed by atoms with Gasteiger partial charge in [0.1, 0.15) is 11.5 Å². The van der Waals surface area contributed by atoms with Crippen LogP contribution in [-0.4, -0.2) is 38.8 Å². The van der Waals surface area contributed by atoms with Gasteiger partial charge in [-0.3, -0.25) is 0 Å². The molecule has 3 heteroatoms. The van der Waals surface area contributed by atoms with Crippen molar-refractivity contribution < 1.29 is 9.47 Å². The lowest BCUT2D eigenvalue weighted by molar-refractivity contribution is 0.299. The van der Waals surface area contributed by atoms with Crippen LogP contribution >= 0.6 is 0 Å². The molecule has 1 aliphatic heterocycles. The van der Waals surface area contributed by atoms with Crippen molar-refractivity contribution in [1.29, 1.82) is 0 Å². The van der Waals surface area contributed by atoms with Gasteiger partial charge in [0.2, 0.25) is 0 Å². The molecule has 144 valence electrons.